The number of para-hydroxylation sites is 2. The Morgan fingerprint density at radius 2 is 1.77 bits per heavy atom. The van der Waals surface area contributed by atoms with Gasteiger partial charge in [-0.1, -0.05) is 12.1 Å². The van der Waals surface area contributed by atoms with Crippen molar-refractivity contribution in [2.24, 2.45) is 0 Å². The highest BCUT2D eigenvalue weighted by molar-refractivity contribution is 5.86. The molecular weight excluding hydrogens is 334 g/mol. The highest BCUT2D eigenvalue weighted by Gasteiger charge is 2.03. The number of hydrogen-bond acceptors (Lipinski definition) is 6. The predicted octanol–water partition coefficient (Wildman–Crippen LogP) is 3.86. The summed E-state index contributed by atoms with van der Waals surface area (Å²) in [6.45, 7) is 2.95. The predicted molar refractivity (Wildman–Crippen MR) is 97.1 cm³/mol. The average molecular weight is 353 g/mol. The second-order valence-electron chi connectivity index (χ2n) is 5.27. The molecule has 0 spiro atoms. The van der Waals surface area contributed by atoms with E-state index in [1.165, 1.54) is 12.2 Å². The van der Waals surface area contributed by atoms with Gasteiger partial charge in [0.1, 0.15) is 30.2 Å². The molecule has 0 unspecified atom stereocenters. The average Bonchev–Trinajstić information content (AvgIpc) is 3.08. The molecule has 6 nitrogen and oxygen atoms in total. The summed E-state index contributed by atoms with van der Waals surface area (Å²) in [5.41, 5.74) is 1.41. The Labute approximate surface area is 151 Å². The summed E-state index contributed by atoms with van der Waals surface area (Å²) >= 11 is 0. The number of ether oxygens (including phenoxy) is 3. The van der Waals surface area contributed by atoms with Gasteiger partial charge in [0.2, 0.25) is 5.89 Å². The van der Waals surface area contributed by atoms with Gasteiger partial charge in [0, 0.05) is 12.2 Å². The maximum absolute atomic E-state index is 11.7. The van der Waals surface area contributed by atoms with Crippen LogP contribution in [0.2, 0.25) is 0 Å². The molecule has 1 heterocycles. The lowest BCUT2D eigenvalue weighted by molar-refractivity contribution is -0.138. The van der Waals surface area contributed by atoms with Crippen molar-refractivity contribution in [1.82, 2.24) is 4.98 Å². The molecule has 134 valence electrons. The van der Waals surface area contributed by atoms with E-state index in [-0.39, 0.29) is 13.2 Å². The van der Waals surface area contributed by atoms with Crippen LogP contribution in [0.5, 0.6) is 11.5 Å². The van der Waals surface area contributed by atoms with Crippen molar-refractivity contribution in [2.45, 2.75) is 6.92 Å². The van der Waals surface area contributed by atoms with Crippen molar-refractivity contribution >= 4 is 23.1 Å². The quantitative estimate of drug-likeness (QED) is 0.348. The number of fused-ring (bicyclic) bond motifs is 1. The van der Waals surface area contributed by atoms with Crippen molar-refractivity contribution in [3.05, 3.63) is 60.5 Å². The van der Waals surface area contributed by atoms with Gasteiger partial charge >= 0.3 is 5.97 Å². The van der Waals surface area contributed by atoms with E-state index < -0.39 is 5.97 Å². The minimum Gasteiger partial charge on any atom is -0.494 e. The van der Waals surface area contributed by atoms with Crippen molar-refractivity contribution in [3.63, 3.8) is 0 Å². The molecule has 3 aromatic rings. The molecule has 0 amide bonds. The van der Waals surface area contributed by atoms with Crippen LogP contribution in [-0.2, 0) is 9.53 Å². The number of oxazole rings is 1. The van der Waals surface area contributed by atoms with Gasteiger partial charge in [-0.2, -0.15) is 0 Å². The van der Waals surface area contributed by atoms with E-state index in [4.69, 9.17) is 18.6 Å². The third-order valence-electron chi connectivity index (χ3n) is 3.40. The number of esters is 1. The Morgan fingerprint density at radius 1 is 1.04 bits per heavy atom. The summed E-state index contributed by atoms with van der Waals surface area (Å²) in [6, 6.07) is 14.7. The van der Waals surface area contributed by atoms with Crippen LogP contribution in [0.1, 0.15) is 12.8 Å². The van der Waals surface area contributed by atoms with Crippen LogP contribution >= 0.6 is 0 Å². The Bertz CT molecular complexity index is 850. The van der Waals surface area contributed by atoms with Crippen molar-refractivity contribution in [3.8, 4) is 11.5 Å². The van der Waals surface area contributed by atoms with E-state index in [1.807, 2.05) is 43.3 Å². The van der Waals surface area contributed by atoms with Gasteiger partial charge < -0.3 is 18.6 Å². The summed E-state index contributed by atoms with van der Waals surface area (Å²) in [5.74, 6) is 1.35. The van der Waals surface area contributed by atoms with Crippen LogP contribution < -0.4 is 9.47 Å². The van der Waals surface area contributed by atoms with Crippen molar-refractivity contribution in [2.75, 3.05) is 19.8 Å². The number of nitrogens with zero attached hydrogens (tertiary/aromatic N) is 1. The SMILES string of the molecule is CCOc1ccc(OCCOC(=O)/C=C/c2nc3ccccc3o2)cc1. The summed E-state index contributed by atoms with van der Waals surface area (Å²) < 4.78 is 21.4. The number of benzene rings is 2. The molecule has 0 atom stereocenters. The van der Waals surface area contributed by atoms with E-state index in [2.05, 4.69) is 4.98 Å². The minimum absolute atomic E-state index is 0.143. The first-order valence-electron chi connectivity index (χ1n) is 8.30. The molecule has 26 heavy (non-hydrogen) atoms. The van der Waals surface area contributed by atoms with E-state index in [0.29, 0.717) is 23.8 Å². The van der Waals surface area contributed by atoms with Crippen LogP contribution in [0.15, 0.2) is 59.0 Å². The summed E-state index contributed by atoms with van der Waals surface area (Å²) in [5, 5.41) is 0. The Balaban J connectivity index is 1.41. The van der Waals surface area contributed by atoms with Crippen LogP contribution in [0.25, 0.3) is 17.2 Å². The monoisotopic (exact) mass is 353 g/mol. The molecule has 0 aliphatic rings. The second kappa shape index (κ2) is 8.71. The Kier molecular flexibility index (Phi) is 5.88. The number of carbonyl (C=O) groups is 1. The molecule has 1 aromatic heterocycles. The molecule has 0 N–H and O–H groups in total. The lowest BCUT2D eigenvalue weighted by Gasteiger charge is -2.07. The third kappa shape index (κ3) is 4.86. The summed E-state index contributed by atoms with van der Waals surface area (Å²) in [6.07, 6.45) is 2.76. The zero-order chi connectivity index (χ0) is 18.2. The first-order valence-corrected chi connectivity index (χ1v) is 8.30. The third-order valence-corrected chi connectivity index (χ3v) is 3.40. The van der Waals surface area contributed by atoms with Gasteiger partial charge in [-0.25, -0.2) is 9.78 Å². The van der Waals surface area contributed by atoms with Gasteiger partial charge in [0.25, 0.3) is 0 Å². The highest BCUT2D eigenvalue weighted by Crippen LogP contribution is 2.17. The molecule has 3 rings (SSSR count). The first-order chi connectivity index (χ1) is 12.7. The van der Waals surface area contributed by atoms with Crippen molar-refractivity contribution < 1.29 is 23.4 Å². The van der Waals surface area contributed by atoms with Crippen molar-refractivity contribution in [1.29, 1.82) is 0 Å². The Hall–Kier alpha value is -3.28. The van der Waals surface area contributed by atoms with Gasteiger partial charge in [-0.05, 0) is 43.3 Å². The summed E-state index contributed by atoms with van der Waals surface area (Å²) in [4.78, 5) is 16.0. The maximum atomic E-state index is 11.7. The first kappa shape index (κ1) is 17.5. The molecule has 2 aromatic carbocycles. The van der Waals surface area contributed by atoms with E-state index in [0.717, 1.165) is 11.3 Å². The van der Waals surface area contributed by atoms with E-state index in [9.17, 15) is 4.79 Å². The molecule has 0 aliphatic heterocycles. The number of carbonyl (C=O) groups excluding carboxylic acids is 1. The number of rotatable bonds is 8. The Morgan fingerprint density at radius 3 is 2.50 bits per heavy atom. The standard InChI is InChI=1S/C20H19NO5/c1-2-23-15-7-9-16(10-8-15)24-13-14-25-20(22)12-11-19-21-17-5-3-4-6-18(17)26-19/h3-12H,2,13-14H2,1H3/b12-11+. The van der Waals surface area contributed by atoms with Gasteiger partial charge in [0.15, 0.2) is 5.58 Å². The number of aromatic nitrogens is 1. The minimum atomic E-state index is -0.484. The van der Waals surface area contributed by atoms with Crippen LogP contribution in [0, 0.1) is 0 Å². The zero-order valence-corrected chi connectivity index (χ0v) is 14.4. The fourth-order valence-electron chi connectivity index (χ4n) is 2.25. The maximum Gasteiger partial charge on any atom is 0.331 e. The topological polar surface area (TPSA) is 70.8 Å². The normalized spacial score (nSPS) is 11.0. The molecule has 0 aliphatic carbocycles. The molecule has 0 saturated carbocycles. The molecule has 6 heteroatoms. The fourth-order valence-corrected chi connectivity index (χ4v) is 2.25. The molecule has 0 bridgehead atoms. The van der Waals surface area contributed by atoms with Crippen LogP contribution in [0.3, 0.4) is 0 Å². The fraction of sp³-hybridized carbons (Fsp3) is 0.200. The lowest BCUT2D eigenvalue weighted by Crippen LogP contribution is -2.10. The molecule has 0 fully saturated rings. The molecule has 0 radical (unpaired) electrons. The zero-order valence-electron chi connectivity index (χ0n) is 14.4. The summed E-state index contributed by atoms with van der Waals surface area (Å²) in [7, 11) is 0. The van der Waals surface area contributed by atoms with Gasteiger partial charge in [-0.15, -0.1) is 0 Å². The molecular formula is C20H19NO5. The smallest absolute Gasteiger partial charge is 0.331 e. The second-order valence-corrected chi connectivity index (χ2v) is 5.27. The van der Waals surface area contributed by atoms with Crippen LogP contribution in [0.4, 0.5) is 0 Å². The van der Waals surface area contributed by atoms with Crippen LogP contribution in [-0.4, -0.2) is 30.8 Å². The molecule has 0 saturated heterocycles. The highest BCUT2D eigenvalue weighted by atomic mass is 16.6. The van der Waals surface area contributed by atoms with Gasteiger partial charge in [-0.3, -0.25) is 0 Å². The van der Waals surface area contributed by atoms with Gasteiger partial charge in [0.05, 0.1) is 6.61 Å². The lowest BCUT2D eigenvalue weighted by atomic mass is 10.3. The van der Waals surface area contributed by atoms with E-state index in [1.54, 1.807) is 12.1 Å². The number of hydrogen-bond donors (Lipinski definition) is 0. The van der Waals surface area contributed by atoms with E-state index >= 15 is 0 Å². The largest absolute Gasteiger partial charge is 0.494 e.